The summed E-state index contributed by atoms with van der Waals surface area (Å²) in [4.78, 5) is 9.96. The number of morpholine rings is 1. The van der Waals surface area contributed by atoms with Gasteiger partial charge in [-0.25, -0.2) is 4.99 Å². The van der Waals surface area contributed by atoms with E-state index in [2.05, 4.69) is 46.3 Å². The Morgan fingerprint density at radius 1 is 1.17 bits per heavy atom. The lowest BCUT2D eigenvalue weighted by Crippen LogP contribution is -2.42. The van der Waals surface area contributed by atoms with Crippen LogP contribution >= 0.6 is 0 Å². The minimum Gasteiger partial charge on any atom is -0.490 e. The van der Waals surface area contributed by atoms with Gasteiger partial charge >= 0.3 is 0 Å². The van der Waals surface area contributed by atoms with Gasteiger partial charge in [0, 0.05) is 44.8 Å². The molecule has 160 valence electrons. The van der Waals surface area contributed by atoms with Crippen LogP contribution in [0.25, 0.3) is 0 Å². The van der Waals surface area contributed by atoms with Crippen molar-refractivity contribution in [3.8, 4) is 5.75 Å². The fourth-order valence-corrected chi connectivity index (χ4v) is 4.33. The van der Waals surface area contributed by atoms with Gasteiger partial charge in [-0.1, -0.05) is 18.2 Å². The number of para-hydroxylation sites is 1. The first-order valence-electron chi connectivity index (χ1n) is 11.4. The average molecular weight is 401 g/mol. The minimum atomic E-state index is 0.396. The van der Waals surface area contributed by atoms with E-state index in [1.54, 1.807) is 0 Å². The SMILES string of the molecule is CCNC(=NCc1ccccc1OC1CCC1)N1CCC(CN2CCOCC2)C1. The van der Waals surface area contributed by atoms with Crippen molar-refractivity contribution < 1.29 is 9.47 Å². The average Bonchev–Trinajstić information content (AvgIpc) is 3.18. The van der Waals surface area contributed by atoms with Crippen LogP contribution in [0.4, 0.5) is 0 Å². The molecule has 4 rings (SSSR count). The van der Waals surface area contributed by atoms with Crippen LogP contribution in [0, 0.1) is 5.92 Å². The van der Waals surface area contributed by atoms with Crippen molar-refractivity contribution in [2.24, 2.45) is 10.9 Å². The molecule has 1 aromatic rings. The number of ether oxygens (including phenoxy) is 2. The minimum absolute atomic E-state index is 0.396. The lowest BCUT2D eigenvalue weighted by molar-refractivity contribution is 0.0315. The Balaban J connectivity index is 1.35. The number of hydrogen-bond acceptors (Lipinski definition) is 4. The van der Waals surface area contributed by atoms with Crippen LogP contribution in [-0.2, 0) is 11.3 Å². The zero-order chi connectivity index (χ0) is 19.9. The van der Waals surface area contributed by atoms with Gasteiger partial charge < -0.3 is 19.7 Å². The fourth-order valence-electron chi connectivity index (χ4n) is 4.33. The molecular weight excluding hydrogens is 364 g/mol. The van der Waals surface area contributed by atoms with E-state index >= 15 is 0 Å². The van der Waals surface area contributed by atoms with Gasteiger partial charge in [-0.15, -0.1) is 0 Å². The molecule has 0 amide bonds. The standard InChI is InChI=1S/C23H36N4O2/c1-2-24-23(27-11-10-19(18-27)17-26-12-14-28-15-13-26)25-16-20-6-3-4-9-22(20)29-21-7-5-8-21/h3-4,6,9,19,21H,2,5,7-8,10-18H2,1H3,(H,24,25). The number of aliphatic imine (C=N–C) groups is 1. The monoisotopic (exact) mass is 400 g/mol. The molecule has 2 saturated heterocycles. The highest BCUT2D eigenvalue weighted by atomic mass is 16.5. The number of nitrogens with zero attached hydrogens (tertiary/aromatic N) is 3. The van der Waals surface area contributed by atoms with E-state index in [9.17, 15) is 0 Å². The van der Waals surface area contributed by atoms with Gasteiger partial charge in [-0.2, -0.15) is 0 Å². The number of nitrogens with one attached hydrogen (secondary N) is 1. The van der Waals surface area contributed by atoms with Crippen LogP contribution < -0.4 is 10.1 Å². The van der Waals surface area contributed by atoms with Gasteiger partial charge in [0.05, 0.1) is 25.9 Å². The molecule has 0 aromatic heterocycles. The Labute approximate surface area is 175 Å². The highest BCUT2D eigenvalue weighted by Crippen LogP contribution is 2.28. The molecular formula is C23H36N4O2. The second-order valence-corrected chi connectivity index (χ2v) is 8.46. The summed E-state index contributed by atoms with van der Waals surface area (Å²) in [5.41, 5.74) is 1.18. The van der Waals surface area contributed by atoms with Gasteiger partial charge in [0.15, 0.2) is 5.96 Å². The summed E-state index contributed by atoms with van der Waals surface area (Å²) >= 11 is 0. The first-order chi connectivity index (χ1) is 14.3. The van der Waals surface area contributed by atoms with Crippen molar-refractivity contribution >= 4 is 5.96 Å². The van der Waals surface area contributed by atoms with Gasteiger partial charge in [0.2, 0.25) is 0 Å². The van der Waals surface area contributed by atoms with E-state index in [0.717, 1.165) is 57.6 Å². The molecule has 3 aliphatic rings. The number of hydrogen-bond donors (Lipinski definition) is 1. The van der Waals surface area contributed by atoms with Gasteiger partial charge in [-0.3, -0.25) is 4.90 Å². The molecule has 29 heavy (non-hydrogen) atoms. The molecule has 0 spiro atoms. The third kappa shape index (κ3) is 5.64. The smallest absolute Gasteiger partial charge is 0.194 e. The zero-order valence-corrected chi connectivity index (χ0v) is 17.8. The maximum Gasteiger partial charge on any atom is 0.194 e. The summed E-state index contributed by atoms with van der Waals surface area (Å²) in [6.45, 7) is 10.9. The Morgan fingerprint density at radius 2 is 2.00 bits per heavy atom. The Bertz CT molecular complexity index is 671. The molecule has 2 aliphatic heterocycles. The van der Waals surface area contributed by atoms with Crippen LogP contribution in [0.2, 0.25) is 0 Å². The molecule has 1 saturated carbocycles. The molecule has 6 heteroatoms. The van der Waals surface area contributed by atoms with Crippen molar-refractivity contribution in [3.05, 3.63) is 29.8 Å². The molecule has 1 aliphatic carbocycles. The molecule has 1 atom stereocenters. The van der Waals surface area contributed by atoms with E-state index in [1.807, 2.05) is 0 Å². The first-order valence-corrected chi connectivity index (χ1v) is 11.4. The summed E-state index contributed by atoms with van der Waals surface area (Å²) in [6, 6.07) is 8.37. The van der Waals surface area contributed by atoms with Crippen LogP contribution in [0.15, 0.2) is 29.3 Å². The third-order valence-electron chi connectivity index (χ3n) is 6.26. The van der Waals surface area contributed by atoms with E-state index < -0.39 is 0 Å². The highest BCUT2D eigenvalue weighted by molar-refractivity contribution is 5.80. The van der Waals surface area contributed by atoms with Gasteiger partial charge in [-0.05, 0) is 44.6 Å². The van der Waals surface area contributed by atoms with Crippen LogP contribution in [0.1, 0.15) is 38.2 Å². The Kier molecular flexibility index (Phi) is 7.28. The predicted molar refractivity (Wildman–Crippen MR) is 116 cm³/mol. The molecule has 1 N–H and O–H groups in total. The Morgan fingerprint density at radius 3 is 2.76 bits per heavy atom. The highest BCUT2D eigenvalue weighted by Gasteiger charge is 2.27. The molecule has 1 aromatic carbocycles. The van der Waals surface area contributed by atoms with Crippen LogP contribution in [0.5, 0.6) is 5.75 Å². The molecule has 0 radical (unpaired) electrons. The Hall–Kier alpha value is -1.79. The molecule has 3 fully saturated rings. The number of rotatable bonds is 7. The fraction of sp³-hybridized carbons (Fsp3) is 0.696. The zero-order valence-electron chi connectivity index (χ0n) is 17.8. The quantitative estimate of drug-likeness (QED) is 0.563. The summed E-state index contributed by atoms with van der Waals surface area (Å²) in [7, 11) is 0. The summed E-state index contributed by atoms with van der Waals surface area (Å²) in [5, 5.41) is 3.50. The first kappa shape index (κ1) is 20.5. The number of benzene rings is 1. The molecule has 1 unspecified atom stereocenters. The maximum atomic E-state index is 6.18. The topological polar surface area (TPSA) is 49.3 Å². The van der Waals surface area contributed by atoms with Crippen LogP contribution in [0.3, 0.4) is 0 Å². The van der Waals surface area contributed by atoms with E-state index in [0.29, 0.717) is 18.6 Å². The van der Waals surface area contributed by atoms with Crippen molar-refractivity contribution in [1.82, 2.24) is 15.1 Å². The maximum absolute atomic E-state index is 6.18. The number of guanidine groups is 1. The van der Waals surface area contributed by atoms with E-state index in [1.165, 1.54) is 37.8 Å². The lowest BCUT2D eigenvalue weighted by atomic mass is 9.96. The van der Waals surface area contributed by atoms with Crippen molar-refractivity contribution in [3.63, 3.8) is 0 Å². The summed E-state index contributed by atoms with van der Waals surface area (Å²) < 4.78 is 11.7. The summed E-state index contributed by atoms with van der Waals surface area (Å²) in [5.74, 6) is 2.75. The number of likely N-dealkylation sites (tertiary alicyclic amines) is 1. The van der Waals surface area contributed by atoms with Gasteiger partial charge in [0.25, 0.3) is 0 Å². The lowest BCUT2D eigenvalue weighted by Gasteiger charge is -2.29. The second kappa shape index (κ2) is 10.3. The van der Waals surface area contributed by atoms with Gasteiger partial charge in [0.1, 0.15) is 5.75 Å². The van der Waals surface area contributed by atoms with Crippen molar-refractivity contribution in [1.29, 1.82) is 0 Å². The normalized spacial score (nSPS) is 23.8. The van der Waals surface area contributed by atoms with Crippen molar-refractivity contribution in [2.45, 2.75) is 45.3 Å². The molecule has 2 heterocycles. The second-order valence-electron chi connectivity index (χ2n) is 8.46. The third-order valence-corrected chi connectivity index (χ3v) is 6.26. The predicted octanol–water partition coefficient (Wildman–Crippen LogP) is 2.74. The van der Waals surface area contributed by atoms with E-state index in [4.69, 9.17) is 14.5 Å². The largest absolute Gasteiger partial charge is 0.490 e. The van der Waals surface area contributed by atoms with Crippen LogP contribution in [-0.4, -0.2) is 74.3 Å². The molecule has 6 nitrogen and oxygen atoms in total. The summed E-state index contributed by atoms with van der Waals surface area (Å²) in [6.07, 6.45) is 5.28. The molecule has 0 bridgehead atoms. The van der Waals surface area contributed by atoms with E-state index in [-0.39, 0.29) is 0 Å². The van der Waals surface area contributed by atoms with Crippen molar-refractivity contribution in [2.75, 3.05) is 52.5 Å².